The zero-order valence-electron chi connectivity index (χ0n) is 8.38. The average Bonchev–Trinajstić information content (AvgIpc) is 2.56. The third kappa shape index (κ3) is 2.19. The van der Waals surface area contributed by atoms with Crippen molar-refractivity contribution in [2.45, 2.75) is 0 Å². The first kappa shape index (κ1) is 12.1. The molecule has 0 spiro atoms. The van der Waals surface area contributed by atoms with Crippen LogP contribution >= 0.6 is 35.2 Å². The van der Waals surface area contributed by atoms with Gasteiger partial charge in [-0.25, -0.2) is 4.79 Å². The van der Waals surface area contributed by atoms with Gasteiger partial charge in [-0.05, 0) is 36.5 Å². The van der Waals surface area contributed by atoms with E-state index in [9.17, 15) is 4.79 Å². The molecule has 1 aromatic heterocycles. The van der Waals surface area contributed by atoms with E-state index in [1.807, 2.05) is 0 Å². The van der Waals surface area contributed by atoms with Crippen LogP contribution in [-0.2, 0) is 0 Å². The van der Waals surface area contributed by atoms with Gasteiger partial charge in [-0.3, -0.25) is 4.57 Å². The molecule has 0 aliphatic heterocycles. The molecule has 7 heteroatoms. The second kappa shape index (κ2) is 4.48. The predicted octanol–water partition coefficient (Wildman–Crippen LogP) is 3.20. The van der Waals surface area contributed by atoms with E-state index in [1.54, 1.807) is 24.3 Å². The second-order valence-corrected chi connectivity index (χ2v) is 5.28. The Morgan fingerprint density at radius 1 is 1.41 bits per heavy atom. The molecule has 0 aliphatic rings. The van der Waals surface area contributed by atoms with Gasteiger partial charge in [0.2, 0.25) is 0 Å². The summed E-state index contributed by atoms with van der Waals surface area (Å²) in [6, 6.07) is 6.84. The van der Waals surface area contributed by atoms with E-state index in [1.165, 1.54) is 4.57 Å². The minimum atomic E-state index is -1.08. The van der Waals surface area contributed by atoms with Crippen molar-refractivity contribution in [2.75, 3.05) is 5.73 Å². The number of carbonyl (C=O) groups is 1. The lowest BCUT2D eigenvalue weighted by molar-refractivity contribution is 0.0703. The molecule has 0 saturated carbocycles. The summed E-state index contributed by atoms with van der Waals surface area (Å²) in [5, 5.41) is 9.53. The predicted molar refractivity (Wildman–Crippen MR) is 70.9 cm³/mol. The van der Waals surface area contributed by atoms with E-state index in [4.69, 9.17) is 34.7 Å². The Morgan fingerprint density at radius 3 is 2.47 bits per heavy atom. The summed E-state index contributed by atoms with van der Waals surface area (Å²) in [7, 11) is 0. The Balaban J connectivity index is 2.64. The van der Waals surface area contributed by atoms with Crippen LogP contribution in [0.1, 0.15) is 9.67 Å². The second-order valence-electron chi connectivity index (χ2n) is 3.20. The average molecular weight is 287 g/mol. The van der Waals surface area contributed by atoms with E-state index in [0.29, 0.717) is 14.7 Å². The van der Waals surface area contributed by atoms with Crippen molar-refractivity contribution in [1.82, 2.24) is 4.57 Å². The summed E-state index contributed by atoms with van der Waals surface area (Å²) in [6.07, 6.45) is 0. The van der Waals surface area contributed by atoms with Crippen LogP contribution in [0.25, 0.3) is 5.69 Å². The Hall–Kier alpha value is -1.37. The Kier molecular flexibility index (Phi) is 3.19. The lowest BCUT2D eigenvalue weighted by atomic mass is 10.3. The molecular weight excluding hydrogens is 280 g/mol. The number of nitrogens with two attached hydrogens (primary N) is 1. The van der Waals surface area contributed by atoms with Crippen LogP contribution in [-0.4, -0.2) is 15.6 Å². The molecule has 0 radical (unpaired) electrons. The fraction of sp³-hybridized carbons (Fsp3) is 0. The van der Waals surface area contributed by atoms with Gasteiger partial charge in [0.05, 0.1) is 0 Å². The van der Waals surface area contributed by atoms with E-state index in [2.05, 4.69) is 0 Å². The maximum Gasteiger partial charge on any atom is 0.349 e. The minimum Gasteiger partial charge on any atom is -0.477 e. The highest BCUT2D eigenvalue weighted by atomic mass is 35.5. The quantitative estimate of drug-likeness (QED) is 0.832. The number of hydrogen-bond acceptors (Lipinski definition) is 4. The zero-order valence-corrected chi connectivity index (χ0v) is 10.8. The number of carboxylic acids is 1. The number of halogens is 1. The summed E-state index contributed by atoms with van der Waals surface area (Å²) < 4.78 is 1.90. The van der Waals surface area contributed by atoms with Gasteiger partial charge < -0.3 is 10.8 Å². The van der Waals surface area contributed by atoms with Crippen LogP contribution in [0.5, 0.6) is 0 Å². The molecule has 4 nitrogen and oxygen atoms in total. The molecule has 0 fully saturated rings. The molecular formula is C10H7ClN2O2S2. The molecule has 0 bridgehead atoms. The maximum atomic E-state index is 10.9. The molecule has 88 valence electrons. The highest BCUT2D eigenvalue weighted by Crippen LogP contribution is 2.26. The summed E-state index contributed by atoms with van der Waals surface area (Å²) in [5.41, 5.74) is 6.46. The highest BCUT2D eigenvalue weighted by Gasteiger charge is 2.16. The van der Waals surface area contributed by atoms with Gasteiger partial charge in [0.25, 0.3) is 0 Å². The van der Waals surface area contributed by atoms with Gasteiger partial charge in [0.15, 0.2) is 8.83 Å². The number of aromatic nitrogens is 1. The van der Waals surface area contributed by atoms with E-state index in [0.717, 1.165) is 11.3 Å². The fourth-order valence-electron chi connectivity index (χ4n) is 1.37. The van der Waals surface area contributed by atoms with Gasteiger partial charge >= 0.3 is 5.97 Å². The lowest BCUT2D eigenvalue weighted by Gasteiger charge is -2.05. The monoisotopic (exact) mass is 286 g/mol. The number of nitrogens with zero attached hydrogens (tertiary/aromatic N) is 1. The molecule has 1 heterocycles. The van der Waals surface area contributed by atoms with E-state index < -0.39 is 5.97 Å². The Morgan fingerprint density at radius 2 is 2.00 bits per heavy atom. The molecule has 17 heavy (non-hydrogen) atoms. The smallest absolute Gasteiger partial charge is 0.349 e. The number of hydrogen-bond donors (Lipinski definition) is 2. The summed E-state index contributed by atoms with van der Waals surface area (Å²) in [4.78, 5) is 11.0. The first-order chi connectivity index (χ1) is 8.00. The molecule has 3 N–H and O–H groups in total. The summed E-state index contributed by atoms with van der Waals surface area (Å²) in [6.45, 7) is 0. The molecule has 2 rings (SSSR count). The molecule has 0 atom stereocenters. The molecule has 1 aromatic carbocycles. The molecule has 0 unspecified atom stereocenters. The SMILES string of the molecule is Nc1c(C(=O)O)sc(=S)n1-c1ccc(Cl)cc1. The van der Waals surface area contributed by atoms with Crippen molar-refractivity contribution < 1.29 is 9.90 Å². The van der Waals surface area contributed by atoms with Crippen molar-refractivity contribution >= 4 is 46.9 Å². The Bertz CT molecular complexity index is 631. The van der Waals surface area contributed by atoms with Gasteiger partial charge in [0.1, 0.15) is 5.82 Å². The maximum absolute atomic E-state index is 10.9. The van der Waals surface area contributed by atoms with Crippen LogP contribution in [0.4, 0.5) is 5.82 Å². The topological polar surface area (TPSA) is 68.2 Å². The van der Waals surface area contributed by atoms with Crippen LogP contribution in [0.15, 0.2) is 24.3 Å². The van der Waals surface area contributed by atoms with Crippen molar-refractivity contribution in [3.05, 3.63) is 38.1 Å². The first-order valence-electron chi connectivity index (χ1n) is 4.51. The van der Waals surface area contributed by atoms with Crippen LogP contribution in [0.2, 0.25) is 5.02 Å². The van der Waals surface area contributed by atoms with Gasteiger partial charge in [-0.2, -0.15) is 0 Å². The van der Waals surface area contributed by atoms with Crippen LogP contribution in [0.3, 0.4) is 0 Å². The standard InChI is InChI=1S/C10H7ClN2O2S2/c11-5-1-3-6(4-2-5)13-8(12)7(9(14)15)17-10(13)16/h1-4H,12H2,(H,14,15). The fourth-order valence-corrected chi connectivity index (χ4v) is 2.71. The first-order valence-corrected chi connectivity index (χ1v) is 6.11. The number of thiazole rings is 1. The molecule has 0 saturated heterocycles. The highest BCUT2D eigenvalue weighted by molar-refractivity contribution is 7.73. The van der Waals surface area contributed by atoms with Crippen LogP contribution < -0.4 is 5.73 Å². The summed E-state index contributed by atoms with van der Waals surface area (Å²) in [5.74, 6) is -0.943. The van der Waals surface area contributed by atoms with Crippen molar-refractivity contribution in [2.24, 2.45) is 0 Å². The third-order valence-electron chi connectivity index (χ3n) is 2.12. The van der Waals surface area contributed by atoms with Gasteiger partial charge in [-0.1, -0.05) is 22.9 Å². The van der Waals surface area contributed by atoms with Crippen molar-refractivity contribution in [3.63, 3.8) is 0 Å². The number of aromatic carboxylic acids is 1. The Labute approximate surface area is 111 Å². The largest absolute Gasteiger partial charge is 0.477 e. The third-order valence-corrected chi connectivity index (χ3v) is 3.75. The van der Waals surface area contributed by atoms with Crippen molar-refractivity contribution in [3.8, 4) is 5.69 Å². The van der Waals surface area contributed by atoms with Crippen LogP contribution in [0, 0.1) is 3.95 Å². The normalized spacial score (nSPS) is 10.4. The molecule has 2 aromatic rings. The number of nitrogen functional groups attached to an aromatic ring is 1. The van der Waals surface area contributed by atoms with E-state index >= 15 is 0 Å². The van der Waals surface area contributed by atoms with E-state index in [-0.39, 0.29) is 10.7 Å². The van der Waals surface area contributed by atoms with Gasteiger partial charge in [-0.15, -0.1) is 0 Å². The van der Waals surface area contributed by atoms with Gasteiger partial charge in [0, 0.05) is 10.7 Å². The number of benzene rings is 1. The zero-order chi connectivity index (χ0) is 12.6. The van der Waals surface area contributed by atoms with Crippen molar-refractivity contribution in [1.29, 1.82) is 0 Å². The minimum absolute atomic E-state index is 0.0462. The lowest BCUT2D eigenvalue weighted by Crippen LogP contribution is -2.04. The number of rotatable bonds is 2. The number of anilines is 1. The number of carboxylic acid groups (broad SMARTS) is 1. The summed E-state index contributed by atoms with van der Waals surface area (Å²) >= 11 is 11.8. The molecule has 0 aliphatic carbocycles. The molecule has 0 amide bonds.